The highest BCUT2D eigenvalue weighted by Gasteiger charge is 2.29. The Bertz CT molecular complexity index is 728. The highest BCUT2D eigenvalue weighted by Crippen LogP contribution is 2.23. The van der Waals surface area contributed by atoms with E-state index in [-0.39, 0.29) is 24.3 Å². The molecule has 0 fully saturated rings. The Morgan fingerprint density at radius 1 is 1.28 bits per heavy atom. The van der Waals surface area contributed by atoms with E-state index in [0.717, 1.165) is 17.8 Å². The number of nitrogens with one attached hydrogen (secondary N) is 1. The summed E-state index contributed by atoms with van der Waals surface area (Å²) in [4.78, 5) is 30.6. The summed E-state index contributed by atoms with van der Waals surface area (Å²) in [5, 5.41) is 7.23. The molecule has 7 nitrogen and oxygen atoms in total. The van der Waals surface area contributed by atoms with E-state index < -0.39 is 0 Å². The minimum absolute atomic E-state index is 0.0677. The first kappa shape index (κ1) is 17.1. The monoisotopic (exact) mass is 341 g/mol. The Morgan fingerprint density at radius 2 is 2.16 bits per heavy atom. The smallest absolute Gasteiger partial charge is 0.222 e. The summed E-state index contributed by atoms with van der Waals surface area (Å²) in [5.74, 6) is 0.0655. The van der Waals surface area contributed by atoms with Gasteiger partial charge in [-0.3, -0.25) is 19.3 Å². The molecule has 0 bridgehead atoms. The van der Waals surface area contributed by atoms with Gasteiger partial charge < -0.3 is 10.2 Å². The molecule has 0 unspecified atom stereocenters. The summed E-state index contributed by atoms with van der Waals surface area (Å²) in [6.45, 7) is 3.47. The van der Waals surface area contributed by atoms with Crippen LogP contribution >= 0.6 is 0 Å². The van der Waals surface area contributed by atoms with Gasteiger partial charge in [-0.2, -0.15) is 5.10 Å². The maximum atomic E-state index is 12.3. The Hall–Kier alpha value is -2.70. The summed E-state index contributed by atoms with van der Waals surface area (Å²) in [5.41, 5.74) is 1.79. The molecule has 1 aliphatic rings. The second-order valence-electron chi connectivity index (χ2n) is 6.25. The standard InChI is InChI=1S/C18H23N5O2/c1-2-5-18(25)22-12-15-7-9-21-23(15)16(13-22)10-17(24)20-11-14-6-3-4-8-19-14/h3-4,6-9,16H,2,5,10-13H2,1H3,(H,20,24)/t16-/m1/s1. The number of pyridine rings is 1. The lowest BCUT2D eigenvalue weighted by atomic mass is 10.1. The third-order valence-electron chi connectivity index (χ3n) is 4.31. The molecule has 132 valence electrons. The van der Waals surface area contributed by atoms with Gasteiger partial charge in [0.1, 0.15) is 0 Å². The Morgan fingerprint density at radius 3 is 2.92 bits per heavy atom. The number of carbonyl (C=O) groups excluding carboxylic acids is 2. The lowest BCUT2D eigenvalue weighted by Crippen LogP contribution is -2.42. The van der Waals surface area contributed by atoms with Crippen molar-refractivity contribution in [1.29, 1.82) is 0 Å². The number of carbonyl (C=O) groups is 2. The van der Waals surface area contributed by atoms with Gasteiger partial charge in [-0.15, -0.1) is 0 Å². The molecule has 0 aromatic carbocycles. The lowest BCUT2D eigenvalue weighted by molar-refractivity contribution is -0.134. The molecule has 0 saturated carbocycles. The van der Waals surface area contributed by atoms with Crippen LogP contribution in [0.25, 0.3) is 0 Å². The van der Waals surface area contributed by atoms with Crippen LogP contribution in [-0.4, -0.2) is 38.0 Å². The van der Waals surface area contributed by atoms with Crippen LogP contribution in [0, 0.1) is 0 Å². The molecule has 7 heteroatoms. The van der Waals surface area contributed by atoms with E-state index in [1.54, 1.807) is 12.4 Å². The molecule has 1 N–H and O–H groups in total. The van der Waals surface area contributed by atoms with Crippen LogP contribution < -0.4 is 5.32 Å². The summed E-state index contributed by atoms with van der Waals surface area (Å²) in [7, 11) is 0. The van der Waals surface area contributed by atoms with Gasteiger partial charge in [0.25, 0.3) is 0 Å². The topological polar surface area (TPSA) is 80.1 Å². The molecular weight excluding hydrogens is 318 g/mol. The first-order valence-corrected chi connectivity index (χ1v) is 8.64. The lowest BCUT2D eigenvalue weighted by Gasteiger charge is -2.33. The van der Waals surface area contributed by atoms with Crippen molar-refractivity contribution in [3.8, 4) is 0 Å². The molecule has 0 saturated heterocycles. The number of nitrogens with zero attached hydrogens (tertiary/aromatic N) is 4. The van der Waals surface area contributed by atoms with Gasteiger partial charge >= 0.3 is 0 Å². The normalized spacial score (nSPS) is 16.4. The molecule has 3 heterocycles. The van der Waals surface area contributed by atoms with Crippen molar-refractivity contribution >= 4 is 11.8 Å². The van der Waals surface area contributed by atoms with Gasteiger partial charge in [0.2, 0.25) is 11.8 Å². The second kappa shape index (κ2) is 7.92. The van der Waals surface area contributed by atoms with Gasteiger partial charge in [0.15, 0.2) is 0 Å². The van der Waals surface area contributed by atoms with E-state index in [1.807, 2.05) is 40.8 Å². The average Bonchev–Trinajstić information content (AvgIpc) is 3.10. The summed E-state index contributed by atoms with van der Waals surface area (Å²) in [6, 6.07) is 7.38. The average molecular weight is 341 g/mol. The second-order valence-corrected chi connectivity index (χ2v) is 6.25. The Labute approximate surface area is 147 Å². The van der Waals surface area contributed by atoms with Crippen LogP contribution in [0.2, 0.25) is 0 Å². The molecule has 1 atom stereocenters. The maximum Gasteiger partial charge on any atom is 0.222 e. The number of rotatable bonds is 6. The van der Waals surface area contributed by atoms with E-state index in [4.69, 9.17) is 0 Å². The third-order valence-corrected chi connectivity index (χ3v) is 4.31. The zero-order chi connectivity index (χ0) is 17.6. The SMILES string of the molecule is CCCC(=O)N1Cc2ccnn2[C@H](CC(=O)NCc2ccccn2)C1. The van der Waals surface area contributed by atoms with Crippen molar-refractivity contribution in [3.63, 3.8) is 0 Å². The highest BCUT2D eigenvalue weighted by atomic mass is 16.2. The molecule has 2 aromatic rings. The number of fused-ring (bicyclic) bond motifs is 1. The van der Waals surface area contributed by atoms with E-state index in [0.29, 0.717) is 26.1 Å². The van der Waals surface area contributed by atoms with E-state index in [2.05, 4.69) is 15.4 Å². The first-order valence-electron chi connectivity index (χ1n) is 8.64. The van der Waals surface area contributed by atoms with Crippen molar-refractivity contribution in [1.82, 2.24) is 25.0 Å². The van der Waals surface area contributed by atoms with E-state index >= 15 is 0 Å². The fourth-order valence-electron chi connectivity index (χ4n) is 3.08. The molecule has 2 amide bonds. The van der Waals surface area contributed by atoms with Gasteiger partial charge in [0.05, 0.1) is 36.9 Å². The van der Waals surface area contributed by atoms with Gasteiger partial charge in [-0.25, -0.2) is 0 Å². The predicted molar refractivity (Wildman–Crippen MR) is 92.3 cm³/mol. The van der Waals surface area contributed by atoms with Crippen LogP contribution in [0.1, 0.15) is 43.6 Å². The van der Waals surface area contributed by atoms with Crippen LogP contribution in [0.15, 0.2) is 36.7 Å². The quantitative estimate of drug-likeness (QED) is 0.867. The van der Waals surface area contributed by atoms with Crippen molar-refractivity contribution in [2.24, 2.45) is 0 Å². The molecule has 2 aromatic heterocycles. The zero-order valence-corrected chi connectivity index (χ0v) is 14.4. The molecule has 1 aliphatic heterocycles. The maximum absolute atomic E-state index is 12.3. The van der Waals surface area contributed by atoms with Crippen LogP contribution in [0.3, 0.4) is 0 Å². The fraction of sp³-hybridized carbons (Fsp3) is 0.444. The van der Waals surface area contributed by atoms with E-state index in [1.165, 1.54) is 0 Å². The summed E-state index contributed by atoms with van der Waals surface area (Å²) < 4.78 is 1.87. The van der Waals surface area contributed by atoms with E-state index in [9.17, 15) is 9.59 Å². The predicted octanol–water partition coefficient (Wildman–Crippen LogP) is 1.67. The van der Waals surface area contributed by atoms with Crippen LogP contribution in [0.4, 0.5) is 0 Å². The van der Waals surface area contributed by atoms with Crippen molar-refractivity contribution in [3.05, 3.63) is 48.0 Å². The third kappa shape index (κ3) is 4.23. The molecule has 3 rings (SSSR count). The number of hydrogen-bond acceptors (Lipinski definition) is 4. The van der Waals surface area contributed by atoms with Crippen molar-refractivity contribution < 1.29 is 9.59 Å². The largest absolute Gasteiger partial charge is 0.350 e. The molecule has 25 heavy (non-hydrogen) atoms. The zero-order valence-electron chi connectivity index (χ0n) is 14.4. The van der Waals surface area contributed by atoms with Crippen LogP contribution in [0.5, 0.6) is 0 Å². The minimum Gasteiger partial charge on any atom is -0.350 e. The minimum atomic E-state index is -0.136. The summed E-state index contributed by atoms with van der Waals surface area (Å²) >= 11 is 0. The van der Waals surface area contributed by atoms with Gasteiger partial charge in [0, 0.05) is 25.4 Å². The number of aromatic nitrogens is 3. The fourth-order valence-corrected chi connectivity index (χ4v) is 3.08. The molecule has 0 aliphatic carbocycles. The highest BCUT2D eigenvalue weighted by molar-refractivity contribution is 5.78. The molecule has 0 radical (unpaired) electrons. The number of amides is 2. The van der Waals surface area contributed by atoms with Crippen molar-refractivity contribution in [2.45, 2.75) is 45.3 Å². The van der Waals surface area contributed by atoms with Crippen molar-refractivity contribution in [2.75, 3.05) is 6.54 Å². The molecular formula is C18H23N5O2. The summed E-state index contributed by atoms with van der Waals surface area (Å²) in [6.07, 6.45) is 5.08. The Kier molecular flexibility index (Phi) is 5.42. The molecule has 0 spiro atoms. The van der Waals surface area contributed by atoms with Gasteiger partial charge in [-0.1, -0.05) is 13.0 Å². The van der Waals surface area contributed by atoms with Gasteiger partial charge in [-0.05, 0) is 24.6 Å². The Balaban J connectivity index is 1.62. The number of hydrogen-bond donors (Lipinski definition) is 1. The van der Waals surface area contributed by atoms with Crippen LogP contribution in [-0.2, 0) is 22.7 Å². The first-order chi connectivity index (χ1) is 12.2.